The van der Waals surface area contributed by atoms with E-state index in [0.717, 1.165) is 10.2 Å². The molecule has 0 unspecified atom stereocenters. The van der Waals surface area contributed by atoms with Crippen molar-refractivity contribution in [3.8, 4) is 17.3 Å². The maximum atomic E-state index is 13.2. The molecule has 0 aliphatic heterocycles. The van der Waals surface area contributed by atoms with Crippen molar-refractivity contribution in [2.75, 3.05) is 6.61 Å². The number of nitrogens with zero attached hydrogens (tertiary/aromatic N) is 2. The SMILES string of the molecule is CCOc1ccccc1CNC(=O)[C@H](CC)Oc1ccc(=O)n(-c2ccc(F)cc2)n1. The van der Waals surface area contributed by atoms with Gasteiger partial charge in [0.05, 0.1) is 12.3 Å². The summed E-state index contributed by atoms with van der Waals surface area (Å²) in [7, 11) is 0. The van der Waals surface area contributed by atoms with Crippen molar-refractivity contribution in [3.05, 3.63) is 82.4 Å². The monoisotopic (exact) mass is 425 g/mol. The number of aromatic nitrogens is 2. The van der Waals surface area contributed by atoms with Crippen LogP contribution in [-0.2, 0) is 11.3 Å². The van der Waals surface area contributed by atoms with Gasteiger partial charge < -0.3 is 14.8 Å². The van der Waals surface area contributed by atoms with Crippen LogP contribution >= 0.6 is 0 Å². The van der Waals surface area contributed by atoms with Crippen LogP contribution in [0.1, 0.15) is 25.8 Å². The highest BCUT2D eigenvalue weighted by Crippen LogP contribution is 2.18. The van der Waals surface area contributed by atoms with Crippen LogP contribution in [0.25, 0.3) is 5.69 Å². The molecular formula is C23H24FN3O4. The van der Waals surface area contributed by atoms with E-state index in [1.807, 2.05) is 38.1 Å². The van der Waals surface area contributed by atoms with E-state index in [1.54, 1.807) is 0 Å². The van der Waals surface area contributed by atoms with Gasteiger partial charge in [-0.2, -0.15) is 4.68 Å². The van der Waals surface area contributed by atoms with Crippen LogP contribution in [0.4, 0.5) is 4.39 Å². The first kappa shape index (κ1) is 22.0. The van der Waals surface area contributed by atoms with Crippen molar-refractivity contribution in [2.24, 2.45) is 0 Å². The normalized spacial score (nSPS) is 11.6. The highest BCUT2D eigenvalue weighted by molar-refractivity contribution is 5.81. The molecule has 0 aliphatic carbocycles. The van der Waals surface area contributed by atoms with Gasteiger partial charge >= 0.3 is 0 Å². The third-order valence-corrected chi connectivity index (χ3v) is 4.50. The summed E-state index contributed by atoms with van der Waals surface area (Å²) in [5.41, 5.74) is 0.849. The highest BCUT2D eigenvalue weighted by atomic mass is 19.1. The summed E-state index contributed by atoms with van der Waals surface area (Å²) in [5.74, 6) is 0.0981. The van der Waals surface area contributed by atoms with Crippen molar-refractivity contribution < 1.29 is 18.7 Å². The van der Waals surface area contributed by atoms with Crippen LogP contribution in [0, 0.1) is 5.82 Å². The number of carbonyl (C=O) groups is 1. The van der Waals surface area contributed by atoms with Crippen LogP contribution < -0.4 is 20.3 Å². The Kier molecular flexibility index (Phi) is 7.37. The lowest BCUT2D eigenvalue weighted by Gasteiger charge is -2.18. The molecule has 3 aromatic rings. The maximum absolute atomic E-state index is 13.2. The van der Waals surface area contributed by atoms with Crippen LogP contribution in [0.15, 0.2) is 65.5 Å². The fourth-order valence-electron chi connectivity index (χ4n) is 2.93. The van der Waals surface area contributed by atoms with Gasteiger partial charge in [-0.1, -0.05) is 25.1 Å². The Morgan fingerprint density at radius 3 is 2.55 bits per heavy atom. The summed E-state index contributed by atoms with van der Waals surface area (Å²) in [6.45, 7) is 4.53. The predicted molar refractivity (Wildman–Crippen MR) is 114 cm³/mol. The third kappa shape index (κ3) is 5.69. The van der Waals surface area contributed by atoms with Crippen molar-refractivity contribution >= 4 is 5.91 Å². The van der Waals surface area contributed by atoms with E-state index in [1.165, 1.54) is 36.4 Å². The van der Waals surface area contributed by atoms with E-state index in [2.05, 4.69) is 10.4 Å². The zero-order chi connectivity index (χ0) is 22.2. The van der Waals surface area contributed by atoms with E-state index in [9.17, 15) is 14.0 Å². The molecule has 3 rings (SSSR count). The Balaban J connectivity index is 1.71. The third-order valence-electron chi connectivity index (χ3n) is 4.50. The summed E-state index contributed by atoms with van der Waals surface area (Å²) in [6.07, 6.45) is -0.401. The molecule has 1 aromatic heterocycles. The molecule has 162 valence electrons. The quantitative estimate of drug-likeness (QED) is 0.569. The van der Waals surface area contributed by atoms with Gasteiger partial charge in [0.15, 0.2) is 6.10 Å². The Morgan fingerprint density at radius 1 is 1.10 bits per heavy atom. The summed E-state index contributed by atoms with van der Waals surface area (Å²) in [4.78, 5) is 24.8. The first-order valence-electron chi connectivity index (χ1n) is 10.0. The number of rotatable bonds is 9. The number of benzene rings is 2. The summed E-state index contributed by atoms with van der Waals surface area (Å²) >= 11 is 0. The van der Waals surface area contributed by atoms with E-state index in [4.69, 9.17) is 9.47 Å². The minimum atomic E-state index is -0.800. The minimum absolute atomic E-state index is 0.112. The molecule has 0 spiro atoms. The average molecular weight is 425 g/mol. The highest BCUT2D eigenvalue weighted by Gasteiger charge is 2.20. The van der Waals surface area contributed by atoms with E-state index in [-0.39, 0.29) is 18.3 Å². The smallest absolute Gasteiger partial charge is 0.271 e. The molecular weight excluding hydrogens is 401 g/mol. The molecule has 0 bridgehead atoms. The molecule has 1 N–H and O–H groups in total. The molecule has 1 heterocycles. The lowest BCUT2D eigenvalue weighted by molar-refractivity contribution is -0.128. The second kappa shape index (κ2) is 10.4. The van der Waals surface area contributed by atoms with Crippen LogP contribution in [0.2, 0.25) is 0 Å². The first-order chi connectivity index (χ1) is 15.0. The van der Waals surface area contributed by atoms with Gasteiger partial charge in [0.1, 0.15) is 11.6 Å². The van der Waals surface area contributed by atoms with Crippen LogP contribution in [0.3, 0.4) is 0 Å². The zero-order valence-corrected chi connectivity index (χ0v) is 17.4. The number of amides is 1. The fourth-order valence-corrected chi connectivity index (χ4v) is 2.93. The Labute approximate surface area is 179 Å². The van der Waals surface area contributed by atoms with E-state index in [0.29, 0.717) is 24.5 Å². The van der Waals surface area contributed by atoms with Crippen molar-refractivity contribution in [1.82, 2.24) is 15.1 Å². The van der Waals surface area contributed by atoms with Gasteiger partial charge in [0.2, 0.25) is 5.88 Å². The summed E-state index contributed by atoms with van der Waals surface area (Å²) < 4.78 is 25.6. The van der Waals surface area contributed by atoms with E-state index >= 15 is 0 Å². The van der Waals surface area contributed by atoms with Crippen molar-refractivity contribution in [1.29, 1.82) is 0 Å². The number of hydrogen-bond acceptors (Lipinski definition) is 5. The van der Waals surface area contributed by atoms with Gasteiger partial charge in [-0.25, -0.2) is 4.39 Å². The second-order valence-electron chi connectivity index (χ2n) is 6.67. The van der Waals surface area contributed by atoms with Gasteiger partial charge in [0, 0.05) is 24.2 Å². The average Bonchev–Trinajstić information content (AvgIpc) is 2.78. The van der Waals surface area contributed by atoms with E-state index < -0.39 is 17.5 Å². The number of halogens is 1. The number of nitrogens with one attached hydrogen (secondary N) is 1. The number of hydrogen-bond donors (Lipinski definition) is 1. The second-order valence-corrected chi connectivity index (χ2v) is 6.67. The lowest BCUT2D eigenvalue weighted by Crippen LogP contribution is -2.38. The molecule has 2 aromatic carbocycles. The Bertz CT molecular complexity index is 1080. The largest absolute Gasteiger partial charge is 0.494 e. The fraction of sp³-hybridized carbons (Fsp3) is 0.261. The molecule has 1 amide bonds. The van der Waals surface area contributed by atoms with Crippen LogP contribution in [-0.4, -0.2) is 28.4 Å². The lowest BCUT2D eigenvalue weighted by atomic mass is 10.2. The molecule has 31 heavy (non-hydrogen) atoms. The molecule has 0 fully saturated rings. The molecule has 0 saturated carbocycles. The van der Waals surface area contributed by atoms with Gasteiger partial charge in [0.25, 0.3) is 11.5 Å². The standard InChI is InChI=1S/C23H24FN3O4/c1-3-19(23(29)25-15-16-7-5-6-8-20(16)30-4-2)31-21-13-14-22(28)27(26-21)18-11-9-17(24)10-12-18/h5-14,19H,3-4,15H2,1-2H3,(H,25,29)/t19-/m0/s1. The van der Waals surface area contributed by atoms with Crippen LogP contribution in [0.5, 0.6) is 11.6 Å². The maximum Gasteiger partial charge on any atom is 0.271 e. The molecule has 7 nitrogen and oxygen atoms in total. The Morgan fingerprint density at radius 2 is 1.84 bits per heavy atom. The number of carbonyl (C=O) groups excluding carboxylic acids is 1. The predicted octanol–water partition coefficient (Wildman–Crippen LogP) is 3.24. The van der Waals surface area contributed by atoms with Crippen molar-refractivity contribution in [2.45, 2.75) is 32.9 Å². The molecule has 0 aliphatic rings. The molecule has 0 radical (unpaired) electrons. The molecule has 8 heteroatoms. The first-order valence-corrected chi connectivity index (χ1v) is 10.0. The van der Waals surface area contributed by atoms with Gasteiger partial charge in [-0.15, -0.1) is 5.10 Å². The van der Waals surface area contributed by atoms with Crippen molar-refractivity contribution in [3.63, 3.8) is 0 Å². The topological polar surface area (TPSA) is 82.5 Å². The minimum Gasteiger partial charge on any atom is -0.494 e. The Hall–Kier alpha value is -3.68. The summed E-state index contributed by atoms with van der Waals surface area (Å²) in [6, 6.07) is 15.5. The number of para-hydroxylation sites is 1. The number of ether oxygens (including phenoxy) is 2. The van der Waals surface area contributed by atoms with Gasteiger partial charge in [-0.3, -0.25) is 9.59 Å². The van der Waals surface area contributed by atoms with Gasteiger partial charge in [-0.05, 0) is 43.7 Å². The summed E-state index contributed by atoms with van der Waals surface area (Å²) in [5, 5.41) is 7.01. The molecule has 0 saturated heterocycles. The molecule has 1 atom stereocenters. The zero-order valence-electron chi connectivity index (χ0n) is 17.4.